The number of nitrogens with zero attached hydrogens (tertiary/aromatic N) is 3. The van der Waals surface area contributed by atoms with Crippen LogP contribution in [0.5, 0.6) is 0 Å². The first-order chi connectivity index (χ1) is 13.0. The summed E-state index contributed by atoms with van der Waals surface area (Å²) in [4.78, 5) is 14.2. The van der Waals surface area contributed by atoms with E-state index in [-0.39, 0.29) is 5.91 Å². The van der Waals surface area contributed by atoms with Gasteiger partial charge in [-0.3, -0.25) is 4.79 Å². The molecule has 0 saturated carbocycles. The number of carbonyl (C=O) groups excluding carboxylic acids is 1. The van der Waals surface area contributed by atoms with Crippen LogP contribution in [0.3, 0.4) is 0 Å². The lowest BCUT2D eigenvalue weighted by molar-refractivity contribution is 0.102. The largest absolute Gasteiger partial charge is 0.322 e. The third-order valence-corrected chi connectivity index (χ3v) is 5.34. The molecule has 0 aliphatic heterocycles. The average molecular weight is 489 g/mol. The summed E-state index contributed by atoms with van der Waals surface area (Å²) >= 11 is 8.10. The van der Waals surface area contributed by atoms with Crippen molar-refractivity contribution in [3.05, 3.63) is 80.4 Å². The molecule has 0 radical (unpaired) electrons. The Labute approximate surface area is 174 Å². The fourth-order valence-corrected chi connectivity index (χ4v) is 3.49. The minimum absolute atomic E-state index is 0.146. The molecule has 5 nitrogen and oxygen atoms in total. The number of hydrogen-bond acceptors (Lipinski definition) is 3. The molecule has 27 heavy (non-hydrogen) atoms. The second-order valence-electron chi connectivity index (χ2n) is 6.06. The van der Waals surface area contributed by atoms with Crippen LogP contribution in [-0.4, -0.2) is 20.9 Å². The van der Waals surface area contributed by atoms with Gasteiger partial charge in [-0.05, 0) is 83.6 Å². The fraction of sp³-hybridized carbons (Fsp3) is 0.0500. The van der Waals surface area contributed by atoms with Crippen LogP contribution >= 0.6 is 34.2 Å². The van der Waals surface area contributed by atoms with Gasteiger partial charge in [-0.25, -0.2) is 0 Å². The van der Waals surface area contributed by atoms with Crippen molar-refractivity contribution >= 4 is 56.8 Å². The van der Waals surface area contributed by atoms with E-state index in [1.807, 2.05) is 55.5 Å². The Morgan fingerprint density at radius 2 is 1.70 bits per heavy atom. The summed E-state index contributed by atoms with van der Waals surface area (Å²) < 4.78 is 0.903. The maximum atomic E-state index is 12.6. The molecule has 0 unspecified atom stereocenters. The second kappa shape index (κ2) is 7.28. The predicted octanol–water partition coefficient (Wildman–Crippen LogP) is 5.24. The molecule has 4 aromatic rings. The number of halogens is 2. The first-order valence-corrected chi connectivity index (χ1v) is 9.66. The normalized spacial score (nSPS) is 10.9. The molecule has 0 atom stereocenters. The van der Waals surface area contributed by atoms with E-state index in [0.29, 0.717) is 16.1 Å². The van der Waals surface area contributed by atoms with Crippen molar-refractivity contribution in [2.75, 3.05) is 5.32 Å². The highest BCUT2D eigenvalue weighted by Gasteiger charge is 2.13. The lowest BCUT2D eigenvalue weighted by Crippen LogP contribution is -2.14. The highest BCUT2D eigenvalue weighted by molar-refractivity contribution is 14.1. The molecule has 0 bridgehead atoms. The lowest BCUT2D eigenvalue weighted by atomic mass is 10.1. The molecule has 1 N–H and O–H groups in total. The maximum Gasteiger partial charge on any atom is 0.256 e. The molecule has 4 rings (SSSR count). The van der Waals surface area contributed by atoms with E-state index in [1.54, 1.807) is 16.9 Å². The van der Waals surface area contributed by atoms with Crippen LogP contribution in [0.4, 0.5) is 5.69 Å². The number of aromatic nitrogens is 3. The fourth-order valence-electron chi connectivity index (χ4n) is 2.73. The minimum atomic E-state index is -0.146. The van der Waals surface area contributed by atoms with Gasteiger partial charge in [-0.2, -0.15) is 4.80 Å². The third-order valence-electron chi connectivity index (χ3n) is 4.15. The monoisotopic (exact) mass is 488 g/mol. The van der Waals surface area contributed by atoms with Crippen molar-refractivity contribution < 1.29 is 4.79 Å². The van der Waals surface area contributed by atoms with Crippen LogP contribution in [0, 0.1) is 10.5 Å². The summed E-state index contributed by atoms with van der Waals surface area (Å²) in [6, 6.07) is 18.5. The summed E-state index contributed by atoms with van der Waals surface area (Å²) in [6.45, 7) is 1.94. The smallest absolute Gasteiger partial charge is 0.256 e. The number of benzene rings is 3. The molecule has 0 saturated heterocycles. The van der Waals surface area contributed by atoms with Gasteiger partial charge in [-0.1, -0.05) is 23.7 Å². The van der Waals surface area contributed by atoms with Gasteiger partial charge in [0.1, 0.15) is 11.0 Å². The van der Waals surface area contributed by atoms with Crippen molar-refractivity contribution in [1.82, 2.24) is 15.0 Å². The van der Waals surface area contributed by atoms with Crippen LogP contribution < -0.4 is 5.32 Å². The zero-order valence-electron chi connectivity index (χ0n) is 14.3. The Morgan fingerprint density at radius 1 is 1.04 bits per heavy atom. The van der Waals surface area contributed by atoms with Crippen LogP contribution in [0.1, 0.15) is 15.9 Å². The van der Waals surface area contributed by atoms with Crippen LogP contribution in [0.2, 0.25) is 5.02 Å². The van der Waals surface area contributed by atoms with Crippen molar-refractivity contribution in [2.45, 2.75) is 6.92 Å². The maximum absolute atomic E-state index is 12.6. The average Bonchev–Trinajstić information content (AvgIpc) is 3.05. The van der Waals surface area contributed by atoms with E-state index in [2.05, 4.69) is 38.1 Å². The van der Waals surface area contributed by atoms with Gasteiger partial charge in [-0.15, -0.1) is 10.2 Å². The number of anilines is 1. The zero-order chi connectivity index (χ0) is 19.0. The molecular formula is C20H14ClIN4O. The highest BCUT2D eigenvalue weighted by Crippen LogP contribution is 2.24. The summed E-state index contributed by atoms with van der Waals surface area (Å²) in [5.41, 5.74) is 4.56. The van der Waals surface area contributed by atoms with Crippen LogP contribution in [0.15, 0.2) is 60.7 Å². The van der Waals surface area contributed by atoms with Gasteiger partial charge in [0.25, 0.3) is 5.91 Å². The van der Waals surface area contributed by atoms with Crippen LogP contribution in [0.25, 0.3) is 16.7 Å². The SMILES string of the molecule is Cc1cc2nn(-c3ccc(Cl)cc3)nc2cc1NC(=O)c1ccccc1I. The Hall–Kier alpha value is -2.45. The van der Waals surface area contributed by atoms with Gasteiger partial charge < -0.3 is 5.32 Å². The van der Waals surface area contributed by atoms with E-state index in [4.69, 9.17) is 11.6 Å². The number of rotatable bonds is 3. The van der Waals surface area contributed by atoms with Gasteiger partial charge in [0.2, 0.25) is 0 Å². The van der Waals surface area contributed by atoms with Gasteiger partial charge in [0, 0.05) is 14.3 Å². The predicted molar refractivity (Wildman–Crippen MR) is 116 cm³/mol. The molecule has 1 heterocycles. The molecule has 0 fully saturated rings. The first kappa shape index (κ1) is 17.9. The number of amides is 1. The van der Waals surface area contributed by atoms with E-state index in [0.717, 1.165) is 26.0 Å². The second-order valence-corrected chi connectivity index (χ2v) is 7.65. The molecule has 1 aromatic heterocycles. The number of nitrogens with one attached hydrogen (secondary N) is 1. The number of aryl methyl sites for hydroxylation is 1. The van der Waals surface area contributed by atoms with E-state index < -0.39 is 0 Å². The minimum Gasteiger partial charge on any atom is -0.322 e. The molecule has 134 valence electrons. The first-order valence-electron chi connectivity index (χ1n) is 8.21. The number of carbonyl (C=O) groups is 1. The van der Waals surface area contributed by atoms with Crippen molar-refractivity contribution in [3.8, 4) is 5.69 Å². The Bertz CT molecular complexity index is 1150. The summed E-state index contributed by atoms with van der Waals surface area (Å²) in [5, 5.41) is 12.7. The topological polar surface area (TPSA) is 59.8 Å². The van der Waals surface area contributed by atoms with E-state index >= 15 is 0 Å². The Balaban J connectivity index is 1.68. The molecule has 1 amide bonds. The summed E-state index contributed by atoms with van der Waals surface area (Å²) in [6.07, 6.45) is 0. The van der Waals surface area contributed by atoms with Crippen molar-refractivity contribution in [1.29, 1.82) is 0 Å². The Kier molecular flexibility index (Phi) is 4.84. The summed E-state index contributed by atoms with van der Waals surface area (Å²) in [5.74, 6) is -0.146. The molecule has 0 spiro atoms. The van der Waals surface area contributed by atoms with Crippen LogP contribution in [-0.2, 0) is 0 Å². The summed E-state index contributed by atoms with van der Waals surface area (Å²) in [7, 11) is 0. The molecule has 0 aliphatic carbocycles. The van der Waals surface area contributed by atoms with Gasteiger partial charge in [0.05, 0.1) is 11.3 Å². The standard InChI is InChI=1S/C20H14ClIN4O/c1-12-10-18-19(25-26(24-18)14-8-6-13(21)7-9-14)11-17(12)23-20(27)15-4-2-3-5-16(15)22/h2-11H,1H3,(H,23,27). The highest BCUT2D eigenvalue weighted by atomic mass is 127. The number of fused-ring (bicyclic) bond motifs is 1. The van der Waals surface area contributed by atoms with Crippen molar-refractivity contribution in [3.63, 3.8) is 0 Å². The quantitative estimate of drug-likeness (QED) is 0.401. The third kappa shape index (κ3) is 3.68. The molecule has 0 aliphatic rings. The zero-order valence-corrected chi connectivity index (χ0v) is 17.2. The molecular weight excluding hydrogens is 475 g/mol. The van der Waals surface area contributed by atoms with E-state index in [1.165, 1.54) is 0 Å². The van der Waals surface area contributed by atoms with Gasteiger partial charge in [0.15, 0.2) is 0 Å². The van der Waals surface area contributed by atoms with Gasteiger partial charge >= 0.3 is 0 Å². The molecule has 7 heteroatoms. The Morgan fingerprint density at radius 3 is 2.41 bits per heavy atom. The van der Waals surface area contributed by atoms with Crippen molar-refractivity contribution in [2.24, 2.45) is 0 Å². The lowest BCUT2D eigenvalue weighted by Gasteiger charge is -2.09. The molecule has 3 aromatic carbocycles. The van der Waals surface area contributed by atoms with E-state index in [9.17, 15) is 4.79 Å². The number of hydrogen-bond donors (Lipinski definition) is 1.